The monoisotopic (exact) mass is 539 g/mol. The zero-order chi connectivity index (χ0) is 25.8. The molecule has 0 saturated carbocycles. The van der Waals surface area contributed by atoms with Gasteiger partial charge in [-0.3, -0.25) is 9.52 Å². The average Bonchev–Trinajstić information content (AvgIpc) is 3.33. The Balaban J connectivity index is 1.61. The zero-order valence-electron chi connectivity index (χ0n) is 18.5. The van der Waals surface area contributed by atoms with Crippen molar-refractivity contribution in [3.8, 4) is 5.75 Å². The van der Waals surface area contributed by atoms with E-state index in [4.69, 9.17) is 4.74 Å². The number of hydrogen-bond donors (Lipinski definition) is 3. The summed E-state index contributed by atoms with van der Waals surface area (Å²) < 4.78 is 57.3. The quantitative estimate of drug-likeness (QED) is 0.349. The van der Waals surface area contributed by atoms with E-state index in [2.05, 4.69) is 10.0 Å². The SMILES string of the molecule is CN(C)S(=O)(=O)c1cccc(NC(=O)COC(=O)c2ccc(NS(=O)(=O)c3cccs3)cc2O)c1. The standard InChI is InChI=1S/C21H21N3O8S3/c1-24(2)35(30,31)16-6-3-5-14(11-16)22-19(26)13-32-21(27)17-9-8-15(12-18(17)25)23-34(28,29)20-7-4-10-33-20/h3-12,23,25H,13H2,1-2H3,(H,22,26). The zero-order valence-corrected chi connectivity index (χ0v) is 20.9. The van der Waals surface area contributed by atoms with E-state index in [9.17, 15) is 31.5 Å². The van der Waals surface area contributed by atoms with Gasteiger partial charge in [0.2, 0.25) is 10.0 Å². The summed E-state index contributed by atoms with van der Waals surface area (Å²) in [7, 11) is -4.79. The number of phenols is 1. The van der Waals surface area contributed by atoms with Gasteiger partial charge < -0.3 is 15.2 Å². The van der Waals surface area contributed by atoms with Crippen LogP contribution in [0.3, 0.4) is 0 Å². The van der Waals surface area contributed by atoms with Crippen LogP contribution >= 0.6 is 11.3 Å². The molecule has 2 aromatic carbocycles. The molecule has 0 bridgehead atoms. The van der Waals surface area contributed by atoms with E-state index >= 15 is 0 Å². The number of sulfonamides is 2. The Bertz CT molecular complexity index is 1450. The fraction of sp³-hybridized carbons (Fsp3) is 0.143. The lowest BCUT2D eigenvalue weighted by Crippen LogP contribution is -2.23. The molecule has 3 N–H and O–H groups in total. The molecule has 3 rings (SSSR count). The Labute approximate surface area is 206 Å². The predicted octanol–water partition coefficient (Wildman–Crippen LogP) is 2.30. The lowest BCUT2D eigenvalue weighted by Gasteiger charge is -2.13. The van der Waals surface area contributed by atoms with Crippen molar-refractivity contribution in [1.29, 1.82) is 0 Å². The van der Waals surface area contributed by atoms with Gasteiger partial charge in [0, 0.05) is 25.8 Å². The van der Waals surface area contributed by atoms with Crippen LogP contribution in [0.4, 0.5) is 11.4 Å². The number of esters is 1. The first-order valence-corrected chi connectivity index (χ1v) is 13.6. The van der Waals surface area contributed by atoms with Crippen LogP contribution in [0.1, 0.15) is 10.4 Å². The number of amides is 1. The number of phenolic OH excluding ortho intramolecular Hbond substituents is 1. The van der Waals surface area contributed by atoms with Crippen LogP contribution in [-0.4, -0.2) is 58.8 Å². The van der Waals surface area contributed by atoms with Gasteiger partial charge in [0.25, 0.3) is 15.9 Å². The number of nitrogens with one attached hydrogen (secondary N) is 2. The van der Waals surface area contributed by atoms with E-state index in [1.165, 1.54) is 50.5 Å². The number of nitrogens with zero attached hydrogens (tertiary/aromatic N) is 1. The fourth-order valence-electron chi connectivity index (χ4n) is 2.74. The normalized spacial score (nSPS) is 11.7. The third-order valence-electron chi connectivity index (χ3n) is 4.46. The van der Waals surface area contributed by atoms with Gasteiger partial charge in [0.15, 0.2) is 6.61 Å². The van der Waals surface area contributed by atoms with Crippen molar-refractivity contribution in [3.05, 3.63) is 65.5 Å². The van der Waals surface area contributed by atoms with Crippen LogP contribution in [0.25, 0.3) is 0 Å². The smallest absolute Gasteiger partial charge is 0.342 e. The van der Waals surface area contributed by atoms with E-state index < -0.39 is 44.3 Å². The minimum absolute atomic E-state index is 0.0257. The van der Waals surface area contributed by atoms with Crippen molar-refractivity contribution in [1.82, 2.24) is 4.31 Å². The fourth-order valence-corrected chi connectivity index (χ4v) is 5.73. The molecule has 11 nitrogen and oxygen atoms in total. The third-order valence-corrected chi connectivity index (χ3v) is 9.05. The Morgan fingerprint density at radius 3 is 2.37 bits per heavy atom. The highest BCUT2D eigenvalue weighted by atomic mass is 32.2. The molecule has 14 heteroatoms. The molecule has 0 unspecified atom stereocenters. The Kier molecular flexibility index (Phi) is 7.80. The van der Waals surface area contributed by atoms with Crippen LogP contribution in [0.2, 0.25) is 0 Å². The van der Waals surface area contributed by atoms with Crippen molar-refractivity contribution in [2.24, 2.45) is 0 Å². The second kappa shape index (κ2) is 10.4. The summed E-state index contributed by atoms with van der Waals surface area (Å²) in [6.45, 7) is -0.713. The van der Waals surface area contributed by atoms with Crippen molar-refractivity contribution in [2.45, 2.75) is 9.10 Å². The van der Waals surface area contributed by atoms with Gasteiger partial charge >= 0.3 is 5.97 Å². The van der Waals surface area contributed by atoms with Crippen molar-refractivity contribution >= 4 is 54.6 Å². The highest BCUT2D eigenvalue weighted by Crippen LogP contribution is 2.26. The molecule has 1 amide bonds. The molecule has 35 heavy (non-hydrogen) atoms. The molecular formula is C21H21N3O8S3. The van der Waals surface area contributed by atoms with Gasteiger partial charge in [0.05, 0.1) is 10.6 Å². The van der Waals surface area contributed by atoms with Crippen LogP contribution in [0.5, 0.6) is 5.75 Å². The number of carbonyl (C=O) groups is 2. The van der Waals surface area contributed by atoms with Gasteiger partial charge in [-0.15, -0.1) is 11.3 Å². The lowest BCUT2D eigenvalue weighted by molar-refractivity contribution is -0.119. The molecule has 3 aromatic rings. The number of carbonyl (C=O) groups excluding carboxylic acids is 2. The maximum Gasteiger partial charge on any atom is 0.342 e. The van der Waals surface area contributed by atoms with Crippen LogP contribution in [0.15, 0.2) is 69.1 Å². The Hall–Kier alpha value is -3.46. The summed E-state index contributed by atoms with van der Waals surface area (Å²) >= 11 is 1.02. The Morgan fingerprint density at radius 1 is 1.00 bits per heavy atom. The van der Waals surface area contributed by atoms with Gasteiger partial charge in [-0.25, -0.2) is 25.9 Å². The molecule has 1 aromatic heterocycles. The van der Waals surface area contributed by atoms with E-state index in [1.54, 1.807) is 11.4 Å². The van der Waals surface area contributed by atoms with Gasteiger partial charge in [-0.05, 0) is 41.8 Å². The number of hydrogen-bond acceptors (Lipinski definition) is 9. The molecule has 0 fully saturated rings. The summed E-state index contributed by atoms with van der Waals surface area (Å²) in [5.74, 6) is -2.31. The topological polar surface area (TPSA) is 159 Å². The molecule has 0 aliphatic heterocycles. The summed E-state index contributed by atoms with van der Waals surface area (Å²) in [6.07, 6.45) is 0. The van der Waals surface area contributed by atoms with Crippen LogP contribution < -0.4 is 10.0 Å². The van der Waals surface area contributed by atoms with E-state index in [1.807, 2.05) is 0 Å². The summed E-state index contributed by atoms with van der Waals surface area (Å²) in [5, 5.41) is 14.2. The second-order valence-electron chi connectivity index (χ2n) is 7.21. The van der Waals surface area contributed by atoms with Gasteiger partial charge in [-0.1, -0.05) is 12.1 Å². The number of anilines is 2. The number of benzene rings is 2. The highest BCUT2D eigenvalue weighted by molar-refractivity contribution is 7.94. The molecule has 0 atom stereocenters. The molecule has 0 radical (unpaired) electrons. The first kappa shape index (κ1) is 26.2. The van der Waals surface area contributed by atoms with Crippen molar-refractivity contribution in [2.75, 3.05) is 30.7 Å². The maximum absolute atomic E-state index is 12.3. The van der Waals surface area contributed by atoms with Crippen LogP contribution in [-0.2, 0) is 29.6 Å². The largest absolute Gasteiger partial charge is 0.507 e. The van der Waals surface area contributed by atoms with Crippen molar-refractivity contribution < 1.29 is 36.3 Å². The molecule has 0 aliphatic rings. The lowest BCUT2D eigenvalue weighted by atomic mass is 10.2. The summed E-state index contributed by atoms with van der Waals surface area (Å²) in [5.41, 5.74) is -0.0760. The molecule has 0 saturated heterocycles. The first-order valence-electron chi connectivity index (χ1n) is 9.79. The third kappa shape index (κ3) is 6.36. The number of rotatable bonds is 9. The summed E-state index contributed by atoms with van der Waals surface area (Å²) in [4.78, 5) is 24.4. The molecule has 0 spiro atoms. The second-order valence-corrected chi connectivity index (χ2v) is 12.2. The van der Waals surface area contributed by atoms with Crippen molar-refractivity contribution in [3.63, 3.8) is 0 Å². The van der Waals surface area contributed by atoms with E-state index in [0.717, 1.165) is 27.8 Å². The number of ether oxygens (including phenoxy) is 1. The van der Waals surface area contributed by atoms with Gasteiger partial charge in [0.1, 0.15) is 15.5 Å². The summed E-state index contributed by atoms with van der Waals surface area (Å²) in [6, 6.07) is 12.0. The highest BCUT2D eigenvalue weighted by Gasteiger charge is 2.20. The minimum Gasteiger partial charge on any atom is -0.507 e. The van der Waals surface area contributed by atoms with E-state index in [0.29, 0.717) is 0 Å². The Morgan fingerprint density at radius 2 is 1.74 bits per heavy atom. The molecule has 186 valence electrons. The molecule has 1 heterocycles. The first-order chi connectivity index (χ1) is 16.4. The average molecular weight is 540 g/mol. The van der Waals surface area contributed by atoms with Gasteiger partial charge in [-0.2, -0.15) is 0 Å². The minimum atomic E-state index is -3.84. The number of thiophene rings is 1. The van der Waals surface area contributed by atoms with E-state index in [-0.39, 0.29) is 26.0 Å². The maximum atomic E-state index is 12.3. The molecule has 0 aliphatic carbocycles. The molecular weight excluding hydrogens is 518 g/mol. The predicted molar refractivity (Wildman–Crippen MR) is 129 cm³/mol. The number of aromatic hydroxyl groups is 1. The van der Waals surface area contributed by atoms with Crippen LogP contribution in [0, 0.1) is 0 Å².